The molecule has 1 aromatic heterocycles. The van der Waals surface area contributed by atoms with Gasteiger partial charge in [0, 0.05) is 41.4 Å². The van der Waals surface area contributed by atoms with Crippen LogP contribution in [0, 0.1) is 0 Å². The third kappa shape index (κ3) is 5.80. The van der Waals surface area contributed by atoms with Crippen molar-refractivity contribution in [2.75, 3.05) is 17.2 Å². The number of hydrogen-bond acceptors (Lipinski definition) is 4. The lowest BCUT2D eigenvalue weighted by Crippen LogP contribution is -2.48. The van der Waals surface area contributed by atoms with Crippen molar-refractivity contribution in [1.82, 2.24) is 15.2 Å². The molecule has 5 rings (SSSR count). The molecule has 40 heavy (non-hydrogen) atoms. The van der Waals surface area contributed by atoms with E-state index in [1.165, 1.54) is 11.8 Å². The Bertz CT molecular complexity index is 1560. The van der Waals surface area contributed by atoms with Gasteiger partial charge >= 0.3 is 6.09 Å². The second-order valence-electron chi connectivity index (χ2n) is 9.72. The van der Waals surface area contributed by atoms with E-state index in [2.05, 4.69) is 20.9 Å². The van der Waals surface area contributed by atoms with Crippen LogP contribution in [0.4, 0.5) is 16.2 Å². The number of benzene rings is 3. The Morgan fingerprint density at radius 3 is 2.35 bits per heavy atom. The normalized spacial score (nSPS) is 15.4. The summed E-state index contributed by atoms with van der Waals surface area (Å²) in [5.74, 6) is -0.912. The first-order chi connectivity index (χ1) is 19.3. The number of nitrogens with one attached hydrogen (secondary N) is 4. The van der Waals surface area contributed by atoms with E-state index in [1.54, 1.807) is 42.5 Å². The number of amides is 4. The standard InChI is InChI=1S/C30H29N5O5/c1-18(36)31-23-13-14-24-21(16-23)17-25(33-24)19-9-11-22(12-10-19)32-28(37)26-8-5-15-35(26)29(38)27(34-30(39)40)20-6-3-2-4-7-20/h2-4,6-7,9-14,16-17,26-27,33-34H,5,8,15H2,1H3,(H,31,36)(H,32,37)(H,39,40)/t26-,27+/m0/s1. The zero-order chi connectivity index (χ0) is 28.2. The Hall–Kier alpha value is -5.12. The van der Waals surface area contributed by atoms with Crippen LogP contribution in [0.25, 0.3) is 22.2 Å². The van der Waals surface area contributed by atoms with E-state index in [1.807, 2.05) is 36.4 Å². The molecule has 10 heteroatoms. The third-order valence-electron chi connectivity index (χ3n) is 6.89. The van der Waals surface area contributed by atoms with Crippen LogP contribution in [0.5, 0.6) is 0 Å². The van der Waals surface area contributed by atoms with Gasteiger partial charge in [0.15, 0.2) is 0 Å². The largest absolute Gasteiger partial charge is 0.465 e. The number of H-pyrrole nitrogens is 1. The van der Waals surface area contributed by atoms with Gasteiger partial charge in [0.25, 0.3) is 5.91 Å². The first-order valence-electron chi connectivity index (χ1n) is 12.9. The van der Waals surface area contributed by atoms with Crippen LogP contribution in [0.15, 0.2) is 78.9 Å². The number of carboxylic acid groups (broad SMARTS) is 1. The highest BCUT2D eigenvalue weighted by atomic mass is 16.4. The van der Waals surface area contributed by atoms with Crippen molar-refractivity contribution in [3.63, 3.8) is 0 Å². The average Bonchev–Trinajstić information content (AvgIpc) is 3.59. The van der Waals surface area contributed by atoms with Gasteiger partial charge in [-0.05, 0) is 60.4 Å². The molecule has 5 N–H and O–H groups in total. The predicted molar refractivity (Wildman–Crippen MR) is 152 cm³/mol. The van der Waals surface area contributed by atoms with Crippen molar-refractivity contribution in [3.8, 4) is 11.3 Å². The molecule has 2 heterocycles. The van der Waals surface area contributed by atoms with Gasteiger partial charge in [-0.25, -0.2) is 4.79 Å². The Morgan fingerprint density at radius 2 is 1.65 bits per heavy atom. The highest BCUT2D eigenvalue weighted by molar-refractivity contribution is 5.99. The van der Waals surface area contributed by atoms with Crippen LogP contribution < -0.4 is 16.0 Å². The number of anilines is 2. The van der Waals surface area contributed by atoms with E-state index in [-0.39, 0.29) is 11.8 Å². The van der Waals surface area contributed by atoms with Gasteiger partial charge < -0.3 is 30.9 Å². The number of rotatable bonds is 7. The lowest BCUT2D eigenvalue weighted by molar-refractivity contribution is -0.138. The summed E-state index contributed by atoms with van der Waals surface area (Å²) in [6.45, 7) is 1.83. The molecule has 4 aromatic rings. The molecule has 0 radical (unpaired) electrons. The first-order valence-corrected chi connectivity index (χ1v) is 12.9. The highest BCUT2D eigenvalue weighted by Gasteiger charge is 2.38. The minimum absolute atomic E-state index is 0.134. The molecular formula is C30H29N5O5. The monoisotopic (exact) mass is 539 g/mol. The molecule has 1 aliphatic rings. The molecule has 4 amide bonds. The van der Waals surface area contributed by atoms with Gasteiger partial charge in [0.05, 0.1) is 0 Å². The summed E-state index contributed by atoms with van der Waals surface area (Å²) in [6.07, 6.45) is -0.188. The van der Waals surface area contributed by atoms with Crippen molar-refractivity contribution in [2.45, 2.75) is 31.8 Å². The number of hydrogen-bond donors (Lipinski definition) is 5. The van der Waals surface area contributed by atoms with E-state index in [9.17, 15) is 24.3 Å². The van der Waals surface area contributed by atoms with Gasteiger partial charge in [-0.1, -0.05) is 42.5 Å². The smallest absolute Gasteiger partial charge is 0.405 e. The Morgan fingerprint density at radius 1 is 0.925 bits per heavy atom. The maximum Gasteiger partial charge on any atom is 0.405 e. The van der Waals surface area contributed by atoms with E-state index < -0.39 is 24.1 Å². The van der Waals surface area contributed by atoms with Gasteiger partial charge in [-0.15, -0.1) is 0 Å². The number of fused-ring (bicyclic) bond motifs is 1. The average molecular weight is 540 g/mol. The molecule has 10 nitrogen and oxygen atoms in total. The molecule has 0 spiro atoms. The Balaban J connectivity index is 1.28. The van der Waals surface area contributed by atoms with Crippen molar-refractivity contribution < 1.29 is 24.3 Å². The van der Waals surface area contributed by atoms with E-state index in [0.29, 0.717) is 30.6 Å². The zero-order valence-corrected chi connectivity index (χ0v) is 21.8. The van der Waals surface area contributed by atoms with E-state index >= 15 is 0 Å². The van der Waals surface area contributed by atoms with Gasteiger partial charge in [-0.2, -0.15) is 0 Å². The summed E-state index contributed by atoms with van der Waals surface area (Å²) in [6, 6.07) is 21.8. The molecule has 3 aromatic carbocycles. The molecule has 1 saturated heterocycles. The fourth-order valence-corrected chi connectivity index (χ4v) is 5.05. The maximum atomic E-state index is 13.4. The van der Waals surface area contributed by atoms with Crippen LogP contribution in [-0.4, -0.2) is 51.4 Å². The maximum absolute atomic E-state index is 13.4. The quantitative estimate of drug-likeness (QED) is 0.231. The number of aromatic amines is 1. The van der Waals surface area contributed by atoms with Crippen molar-refractivity contribution >= 4 is 46.1 Å². The number of likely N-dealkylation sites (tertiary alicyclic amines) is 1. The van der Waals surface area contributed by atoms with Crippen LogP contribution in [0.1, 0.15) is 31.4 Å². The first kappa shape index (κ1) is 26.5. The summed E-state index contributed by atoms with van der Waals surface area (Å²) in [5.41, 5.74) is 4.55. The summed E-state index contributed by atoms with van der Waals surface area (Å²) >= 11 is 0. The molecule has 0 aliphatic carbocycles. The summed E-state index contributed by atoms with van der Waals surface area (Å²) in [7, 11) is 0. The molecule has 0 saturated carbocycles. The number of nitrogens with zero attached hydrogens (tertiary/aromatic N) is 1. The minimum Gasteiger partial charge on any atom is -0.465 e. The summed E-state index contributed by atoms with van der Waals surface area (Å²) < 4.78 is 0. The van der Waals surface area contributed by atoms with Crippen LogP contribution in [0.3, 0.4) is 0 Å². The topological polar surface area (TPSA) is 144 Å². The van der Waals surface area contributed by atoms with Crippen molar-refractivity contribution in [3.05, 3.63) is 84.4 Å². The van der Waals surface area contributed by atoms with Crippen molar-refractivity contribution in [1.29, 1.82) is 0 Å². The minimum atomic E-state index is -1.31. The molecule has 2 atom stereocenters. The summed E-state index contributed by atoms with van der Waals surface area (Å²) in [5, 5.41) is 18.2. The predicted octanol–water partition coefficient (Wildman–Crippen LogP) is 4.73. The fraction of sp³-hybridized carbons (Fsp3) is 0.200. The molecule has 204 valence electrons. The van der Waals surface area contributed by atoms with E-state index in [4.69, 9.17) is 0 Å². The molecule has 0 bridgehead atoms. The SMILES string of the molecule is CC(=O)Nc1ccc2[nH]c(-c3ccc(NC(=O)[C@@H]4CCCN4C(=O)[C@H](NC(=O)O)c4ccccc4)cc3)cc2c1. The number of carbonyl (C=O) groups is 4. The van der Waals surface area contributed by atoms with Gasteiger partial charge in [0.2, 0.25) is 11.8 Å². The van der Waals surface area contributed by atoms with Gasteiger partial charge in [0.1, 0.15) is 12.1 Å². The third-order valence-corrected chi connectivity index (χ3v) is 6.89. The van der Waals surface area contributed by atoms with E-state index in [0.717, 1.165) is 27.8 Å². The fourth-order valence-electron chi connectivity index (χ4n) is 5.05. The molecule has 1 aliphatic heterocycles. The zero-order valence-electron chi connectivity index (χ0n) is 21.8. The van der Waals surface area contributed by atoms with Gasteiger partial charge in [-0.3, -0.25) is 14.4 Å². The summed E-state index contributed by atoms with van der Waals surface area (Å²) in [4.78, 5) is 54.2. The number of aromatic nitrogens is 1. The lowest BCUT2D eigenvalue weighted by Gasteiger charge is -2.28. The van der Waals surface area contributed by atoms with Crippen LogP contribution in [0.2, 0.25) is 0 Å². The molecular weight excluding hydrogens is 510 g/mol. The van der Waals surface area contributed by atoms with Crippen molar-refractivity contribution in [2.24, 2.45) is 0 Å². The van der Waals surface area contributed by atoms with Crippen LogP contribution >= 0.6 is 0 Å². The Kier molecular flexibility index (Phi) is 7.50. The van der Waals surface area contributed by atoms with Crippen LogP contribution in [-0.2, 0) is 14.4 Å². The Labute approximate surface area is 230 Å². The second kappa shape index (κ2) is 11.3. The number of carbonyl (C=O) groups excluding carboxylic acids is 3. The highest BCUT2D eigenvalue weighted by Crippen LogP contribution is 2.28. The lowest BCUT2D eigenvalue weighted by atomic mass is 10.0. The second-order valence-corrected chi connectivity index (χ2v) is 9.72. The molecule has 1 fully saturated rings. The molecule has 0 unspecified atom stereocenters.